The van der Waals surface area contributed by atoms with Gasteiger partial charge in [0, 0.05) is 89.5 Å². The fourth-order valence-electron chi connectivity index (χ4n) is 11.9. The van der Waals surface area contributed by atoms with E-state index < -0.39 is 5.60 Å². The van der Waals surface area contributed by atoms with E-state index in [0.29, 0.717) is 30.7 Å². The number of nitrogens with zero attached hydrogens (tertiary/aromatic N) is 2. The topological polar surface area (TPSA) is 114 Å². The molecule has 4 aromatic rings. The van der Waals surface area contributed by atoms with Crippen LogP contribution in [0.5, 0.6) is 5.75 Å². The van der Waals surface area contributed by atoms with Crippen molar-refractivity contribution in [1.29, 1.82) is 0 Å². The molecule has 9 nitrogen and oxygen atoms in total. The number of hydrogen-bond donors (Lipinski definition) is 4. The summed E-state index contributed by atoms with van der Waals surface area (Å²) in [6.45, 7) is 8.12. The Bertz CT molecular complexity index is 2050. The second-order valence-corrected chi connectivity index (χ2v) is 16.3. The maximum atomic E-state index is 13.0. The van der Waals surface area contributed by atoms with Crippen LogP contribution in [0, 0.1) is 17.8 Å². The zero-order valence-corrected chi connectivity index (χ0v) is 30.5. The van der Waals surface area contributed by atoms with Crippen LogP contribution in [-0.4, -0.2) is 100 Å². The van der Waals surface area contributed by atoms with Gasteiger partial charge >= 0.3 is 5.97 Å². The molecule has 10 atom stereocenters. The van der Waals surface area contributed by atoms with Gasteiger partial charge in [-0.15, -0.1) is 0 Å². The van der Waals surface area contributed by atoms with Crippen molar-refractivity contribution >= 4 is 27.8 Å². The first-order chi connectivity index (χ1) is 24.7. The minimum Gasteiger partial charge on any atom is -0.496 e. The van der Waals surface area contributed by atoms with Gasteiger partial charge in [0.1, 0.15) is 5.75 Å². The van der Waals surface area contributed by atoms with Crippen LogP contribution in [0.3, 0.4) is 0 Å². The van der Waals surface area contributed by atoms with Gasteiger partial charge in [0.25, 0.3) is 0 Å². The molecule has 9 heteroatoms. The van der Waals surface area contributed by atoms with Crippen LogP contribution in [-0.2, 0) is 22.4 Å². The van der Waals surface area contributed by atoms with Crippen LogP contribution in [0.2, 0.25) is 0 Å². The van der Waals surface area contributed by atoms with Crippen LogP contribution in [0.1, 0.15) is 79.9 Å². The van der Waals surface area contributed by atoms with Crippen molar-refractivity contribution in [3.05, 3.63) is 76.1 Å². The number of H-pyrrole nitrogens is 2. The second kappa shape index (κ2) is 12.2. The van der Waals surface area contributed by atoms with E-state index in [1.54, 1.807) is 7.11 Å². The number of aromatic nitrogens is 2. The summed E-state index contributed by atoms with van der Waals surface area (Å²) in [5.41, 5.74) is 8.47. The number of nitrogens with one attached hydrogen (secondary N) is 2. The number of aliphatic hydroxyl groups excluding tert-OH is 2. The third kappa shape index (κ3) is 4.84. The minimum absolute atomic E-state index is 0.149. The number of hydrogen-bond acceptors (Lipinski definition) is 7. The molecule has 3 saturated heterocycles. The lowest BCUT2D eigenvalue weighted by atomic mass is 9.64. The Hall–Kier alpha value is -3.63. The lowest BCUT2D eigenvalue weighted by Gasteiger charge is -2.54. The molecule has 6 bridgehead atoms. The largest absolute Gasteiger partial charge is 0.496 e. The zero-order chi connectivity index (χ0) is 35.3. The number of aliphatic hydroxyl groups is 2. The predicted molar refractivity (Wildman–Crippen MR) is 198 cm³/mol. The number of likely N-dealkylation sites (N-methyl/N-ethyl adjacent to an activating group) is 1. The number of likely N-dealkylation sites (tertiary alicyclic amines) is 1. The summed E-state index contributed by atoms with van der Waals surface area (Å²) in [4.78, 5) is 25.9. The average molecular weight is 693 g/mol. The summed E-state index contributed by atoms with van der Waals surface area (Å²) in [7, 11) is 3.85. The Balaban J connectivity index is 1.29. The molecular formula is C42H52N4O5. The van der Waals surface area contributed by atoms with Gasteiger partial charge in [-0.3, -0.25) is 14.6 Å². The molecule has 6 aliphatic rings. The van der Waals surface area contributed by atoms with Crippen molar-refractivity contribution in [2.24, 2.45) is 17.8 Å². The third-order valence-corrected chi connectivity index (χ3v) is 13.9. The molecule has 2 aliphatic carbocycles. The molecule has 0 radical (unpaired) electrons. The third-order valence-electron chi connectivity index (χ3n) is 13.9. The normalized spacial score (nSPS) is 34.5. The van der Waals surface area contributed by atoms with Gasteiger partial charge in [0.2, 0.25) is 0 Å². The number of para-hydroxylation sites is 1. The smallest absolute Gasteiger partial charge is 0.303 e. The van der Waals surface area contributed by atoms with E-state index in [4.69, 9.17) is 9.47 Å². The Morgan fingerprint density at radius 2 is 1.92 bits per heavy atom. The van der Waals surface area contributed by atoms with Gasteiger partial charge < -0.3 is 29.7 Å². The van der Waals surface area contributed by atoms with Gasteiger partial charge in [0.05, 0.1) is 31.4 Å². The number of allylic oxidation sites excluding steroid dienone is 1. The lowest BCUT2D eigenvalue weighted by molar-refractivity contribution is -0.187. The molecule has 2 aromatic heterocycles. The summed E-state index contributed by atoms with van der Waals surface area (Å²) in [5.74, 6) is 1.30. The summed E-state index contributed by atoms with van der Waals surface area (Å²) in [5, 5.41) is 24.8. The summed E-state index contributed by atoms with van der Waals surface area (Å²) in [6.07, 6.45) is 6.30. The molecule has 4 N–H and O–H groups in total. The van der Waals surface area contributed by atoms with Gasteiger partial charge in [-0.2, -0.15) is 0 Å². The number of aromatic amines is 2. The maximum absolute atomic E-state index is 13.0. The van der Waals surface area contributed by atoms with Crippen LogP contribution in [0.4, 0.5) is 0 Å². The molecule has 2 aromatic carbocycles. The second-order valence-electron chi connectivity index (χ2n) is 16.3. The van der Waals surface area contributed by atoms with Crippen LogP contribution in [0.15, 0.2) is 48.0 Å². The quantitative estimate of drug-likeness (QED) is 0.158. The molecule has 6 heterocycles. The van der Waals surface area contributed by atoms with Crippen LogP contribution in [0.25, 0.3) is 21.8 Å². The minimum atomic E-state index is -1.12. The molecule has 0 amide bonds. The van der Waals surface area contributed by atoms with E-state index in [9.17, 15) is 15.0 Å². The fourth-order valence-corrected chi connectivity index (χ4v) is 11.9. The molecule has 10 unspecified atom stereocenters. The Kier molecular flexibility index (Phi) is 7.96. The summed E-state index contributed by atoms with van der Waals surface area (Å²) >= 11 is 0. The zero-order valence-electron chi connectivity index (χ0n) is 30.5. The fraction of sp³-hybridized carbons (Fsp3) is 0.548. The molecule has 0 spiro atoms. The number of benzene rings is 2. The molecule has 270 valence electrons. The molecule has 4 aliphatic heterocycles. The number of ether oxygens (including phenoxy) is 2. The number of fused-ring (bicyclic) bond motifs is 9. The first-order valence-corrected chi connectivity index (χ1v) is 19.1. The molecule has 51 heavy (non-hydrogen) atoms. The molecular weight excluding hydrogens is 640 g/mol. The van der Waals surface area contributed by atoms with Gasteiger partial charge in [-0.25, -0.2) is 0 Å². The number of carbonyl (C=O) groups is 1. The SMILES string of the molecule is CC=C1CN(C)C2Cc3c([nH]c4ccccc34)C(c3c(OC)ccc4c5c([nH]c34)C3CC4CC(C(C)O)C3N(CC5)C4)CC1C2(CO)OC(C)=O. The maximum Gasteiger partial charge on any atom is 0.303 e. The van der Waals surface area contributed by atoms with Crippen LogP contribution < -0.4 is 4.74 Å². The van der Waals surface area contributed by atoms with Crippen molar-refractivity contribution in [1.82, 2.24) is 19.8 Å². The number of rotatable bonds is 5. The first-order valence-electron chi connectivity index (χ1n) is 19.1. The van der Waals surface area contributed by atoms with Gasteiger partial charge in [-0.05, 0) is 88.2 Å². The van der Waals surface area contributed by atoms with E-state index in [1.165, 1.54) is 40.4 Å². The Labute approximate surface area is 300 Å². The van der Waals surface area contributed by atoms with Gasteiger partial charge in [0.15, 0.2) is 5.60 Å². The highest BCUT2D eigenvalue weighted by Crippen LogP contribution is 2.55. The van der Waals surface area contributed by atoms with E-state index in [2.05, 4.69) is 76.2 Å². The Morgan fingerprint density at radius 1 is 1.10 bits per heavy atom. The van der Waals surface area contributed by atoms with Crippen molar-refractivity contribution in [3.8, 4) is 5.75 Å². The van der Waals surface area contributed by atoms with E-state index >= 15 is 0 Å². The number of esters is 1. The number of carbonyl (C=O) groups excluding carboxylic acids is 1. The molecule has 10 rings (SSSR count). The monoisotopic (exact) mass is 692 g/mol. The van der Waals surface area contributed by atoms with Crippen molar-refractivity contribution in [2.75, 3.05) is 40.4 Å². The lowest BCUT2D eigenvalue weighted by Crippen LogP contribution is -2.66. The highest BCUT2D eigenvalue weighted by atomic mass is 16.6. The van der Waals surface area contributed by atoms with E-state index in [0.717, 1.165) is 66.6 Å². The van der Waals surface area contributed by atoms with Crippen molar-refractivity contribution in [3.63, 3.8) is 0 Å². The summed E-state index contributed by atoms with van der Waals surface area (Å²) in [6, 6.07) is 13.0. The summed E-state index contributed by atoms with van der Waals surface area (Å²) < 4.78 is 12.7. The Morgan fingerprint density at radius 3 is 2.67 bits per heavy atom. The number of piperidine rings is 3. The predicted octanol–water partition coefficient (Wildman–Crippen LogP) is 5.64. The standard InChI is InChI=1S/C42H52N4O5/c1-6-25-20-45(4)36-18-30-26-9-7-8-10-34(26)43-39(30)31(17-33(25)42(36,21-47)51-23(3)49)37-35(50-5)12-11-27-28-13-14-46-19-24-15-29(22(2)48)41(46)32(16-24)38(28)44-40(27)37/h6-12,22,24,29,31-33,36,41,43-44,47-48H,13-21H2,1-5H3. The van der Waals surface area contributed by atoms with Crippen molar-refractivity contribution < 1.29 is 24.5 Å². The molecule has 1 saturated carbocycles. The highest BCUT2D eigenvalue weighted by molar-refractivity contribution is 5.92. The van der Waals surface area contributed by atoms with Gasteiger partial charge in [-0.1, -0.05) is 29.8 Å². The number of methoxy groups -OCH3 is 1. The van der Waals surface area contributed by atoms with E-state index in [-0.39, 0.29) is 42.5 Å². The van der Waals surface area contributed by atoms with Crippen LogP contribution >= 0.6 is 0 Å². The average Bonchev–Trinajstić information content (AvgIpc) is 3.65. The van der Waals surface area contributed by atoms with Crippen molar-refractivity contribution in [2.45, 2.75) is 88.5 Å². The van der Waals surface area contributed by atoms with E-state index in [1.807, 2.05) is 6.92 Å². The first kappa shape index (κ1) is 33.2. The highest BCUT2D eigenvalue weighted by Gasteiger charge is 2.57. The molecule has 4 fully saturated rings.